The number of esters is 4. The lowest BCUT2D eigenvalue weighted by molar-refractivity contribution is -0.161. The van der Waals surface area contributed by atoms with Crippen molar-refractivity contribution in [2.24, 2.45) is 23.7 Å². The van der Waals surface area contributed by atoms with Crippen LogP contribution in [-0.4, -0.2) is 96.7 Å². The summed E-state index contributed by atoms with van der Waals surface area (Å²) in [4.78, 5) is 72.6. The van der Waals surface area contributed by atoms with Crippen molar-refractivity contribution in [1.29, 1.82) is 0 Å². The summed E-state index contributed by atoms with van der Waals surface area (Å²) in [6.45, 7) is 14.1. The summed E-state index contributed by atoms with van der Waals surface area (Å²) in [6.07, 6.45) is 48.9. The van der Waals surface area contributed by atoms with E-state index in [0.29, 0.717) is 31.6 Å². The van der Waals surface area contributed by atoms with Gasteiger partial charge >= 0.3 is 39.5 Å². The monoisotopic (exact) mass is 1380 g/mol. The summed E-state index contributed by atoms with van der Waals surface area (Å²) in [5.41, 5.74) is 0. The lowest BCUT2D eigenvalue weighted by Crippen LogP contribution is -2.30. The number of hydrogen-bond donors (Lipinski definition) is 3. The maximum absolute atomic E-state index is 13.1. The fraction of sp³-hybridized carbons (Fsp3) is 0.947. The first-order chi connectivity index (χ1) is 45.2. The van der Waals surface area contributed by atoms with Gasteiger partial charge in [-0.15, -0.1) is 0 Å². The van der Waals surface area contributed by atoms with Crippen LogP contribution in [0.3, 0.4) is 0 Å². The molecular weight excluding hydrogens is 1230 g/mol. The lowest BCUT2D eigenvalue weighted by Gasteiger charge is -2.21. The molecule has 0 aromatic carbocycles. The minimum atomic E-state index is -4.96. The van der Waals surface area contributed by atoms with Gasteiger partial charge in [0.15, 0.2) is 12.2 Å². The second kappa shape index (κ2) is 64.4. The summed E-state index contributed by atoms with van der Waals surface area (Å²) in [7, 11) is -9.91. The molecule has 0 rings (SSSR count). The van der Waals surface area contributed by atoms with E-state index in [1.54, 1.807) is 0 Å². The molecular formula is C75H146O17P2. The van der Waals surface area contributed by atoms with E-state index in [2.05, 4.69) is 55.4 Å². The average Bonchev–Trinajstić information content (AvgIpc) is 1.95. The molecule has 0 aromatic rings. The fourth-order valence-electron chi connectivity index (χ4n) is 11.3. The molecule has 3 N–H and O–H groups in total. The Morgan fingerprint density at radius 1 is 0.298 bits per heavy atom. The molecule has 0 aliphatic carbocycles. The minimum Gasteiger partial charge on any atom is -0.462 e. The molecule has 0 saturated heterocycles. The van der Waals surface area contributed by atoms with E-state index in [1.165, 1.54) is 173 Å². The molecule has 19 heteroatoms. The quantitative estimate of drug-likeness (QED) is 0.0222. The van der Waals surface area contributed by atoms with Crippen LogP contribution < -0.4 is 0 Å². The Hall–Kier alpha value is -1.94. The van der Waals surface area contributed by atoms with E-state index in [1.807, 2.05) is 0 Å². The minimum absolute atomic E-state index is 0.103. The Bertz CT molecular complexity index is 1850. The van der Waals surface area contributed by atoms with Gasteiger partial charge in [-0.3, -0.25) is 37.3 Å². The number of carbonyl (C=O) groups is 4. The third-order valence-electron chi connectivity index (χ3n) is 18.0. The molecule has 0 fully saturated rings. The second-order valence-corrected chi connectivity index (χ2v) is 31.4. The van der Waals surface area contributed by atoms with Gasteiger partial charge in [-0.05, 0) is 49.4 Å². The standard InChI is InChI=1S/C75H146O17P2/c1-9-67(7)53-45-37-28-21-19-17-15-13-11-12-14-16-18-20-22-30-39-47-55-72(77)85-61-70(91-74(79)57-49-41-31-25-23-27-35-43-51-65(3)4)63-89-93(81,82)87-59-69(76)60-88-94(83,84)90-64-71(62-86-73(78)56-48-40-34-33-36-44-52-66(5)6)92-75(80)58-50-42-32-26-24-29-38-46-54-68(8)10-2/h65-71,76H,9-64H2,1-8H3,(H,81,82)(H,83,84)/t67?,68?,69-,70-,71-/m1/s1. The molecule has 0 bridgehead atoms. The van der Waals surface area contributed by atoms with Crippen LogP contribution in [0.4, 0.5) is 0 Å². The number of aliphatic hydroxyl groups excluding tert-OH is 1. The number of hydrogen-bond acceptors (Lipinski definition) is 15. The fourth-order valence-corrected chi connectivity index (χ4v) is 12.9. The number of aliphatic hydroxyl groups is 1. The maximum atomic E-state index is 13.1. The van der Waals surface area contributed by atoms with Crippen molar-refractivity contribution in [3.63, 3.8) is 0 Å². The van der Waals surface area contributed by atoms with E-state index >= 15 is 0 Å². The van der Waals surface area contributed by atoms with Crippen molar-refractivity contribution in [3.05, 3.63) is 0 Å². The molecule has 0 saturated carbocycles. The molecule has 0 amide bonds. The lowest BCUT2D eigenvalue weighted by atomic mass is 9.99. The number of ether oxygens (including phenoxy) is 4. The van der Waals surface area contributed by atoms with Crippen molar-refractivity contribution in [2.45, 2.75) is 395 Å². The first kappa shape index (κ1) is 92.1. The van der Waals surface area contributed by atoms with Crippen LogP contribution in [-0.2, 0) is 65.4 Å². The van der Waals surface area contributed by atoms with E-state index in [0.717, 1.165) is 114 Å². The van der Waals surface area contributed by atoms with Gasteiger partial charge in [0.2, 0.25) is 0 Å². The maximum Gasteiger partial charge on any atom is 0.472 e. The molecule has 4 unspecified atom stereocenters. The zero-order valence-corrected chi connectivity index (χ0v) is 63.4. The van der Waals surface area contributed by atoms with Gasteiger partial charge in [-0.2, -0.15) is 0 Å². The summed E-state index contributed by atoms with van der Waals surface area (Å²) >= 11 is 0. The highest BCUT2D eigenvalue weighted by molar-refractivity contribution is 7.47. The zero-order valence-electron chi connectivity index (χ0n) is 61.6. The molecule has 0 aromatic heterocycles. The Kier molecular flexibility index (Phi) is 63.1. The van der Waals surface area contributed by atoms with Crippen LogP contribution in [0.25, 0.3) is 0 Å². The Morgan fingerprint density at radius 2 is 0.511 bits per heavy atom. The average molecular weight is 1380 g/mol. The molecule has 0 radical (unpaired) electrons. The molecule has 0 aliphatic heterocycles. The normalized spacial score (nSPS) is 14.7. The Labute approximate surface area is 575 Å². The van der Waals surface area contributed by atoms with Crippen LogP contribution in [0, 0.1) is 23.7 Å². The van der Waals surface area contributed by atoms with Gasteiger partial charge < -0.3 is 33.8 Å². The molecule has 0 spiro atoms. The van der Waals surface area contributed by atoms with Crippen molar-refractivity contribution in [2.75, 3.05) is 39.6 Å². The van der Waals surface area contributed by atoms with E-state index < -0.39 is 97.5 Å². The van der Waals surface area contributed by atoms with Gasteiger partial charge in [0.05, 0.1) is 26.4 Å². The topological polar surface area (TPSA) is 237 Å². The largest absolute Gasteiger partial charge is 0.472 e. The zero-order chi connectivity index (χ0) is 69.6. The van der Waals surface area contributed by atoms with Gasteiger partial charge in [0.1, 0.15) is 19.3 Å². The molecule has 7 atom stereocenters. The van der Waals surface area contributed by atoms with Crippen LogP contribution in [0.1, 0.15) is 376 Å². The second-order valence-electron chi connectivity index (χ2n) is 28.5. The Morgan fingerprint density at radius 3 is 0.755 bits per heavy atom. The van der Waals surface area contributed by atoms with Gasteiger partial charge in [-0.25, -0.2) is 9.13 Å². The number of carbonyl (C=O) groups excluding carboxylic acids is 4. The van der Waals surface area contributed by atoms with Crippen LogP contribution in [0.15, 0.2) is 0 Å². The summed E-state index contributed by atoms with van der Waals surface area (Å²) in [6, 6.07) is 0. The van der Waals surface area contributed by atoms with E-state index in [9.17, 15) is 43.2 Å². The van der Waals surface area contributed by atoms with Crippen molar-refractivity contribution in [3.8, 4) is 0 Å². The SMILES string of the molecule is CCC(C)CCCCCCCCCCCCCCCCCCCCC(=O)OC[C@H](COP(=O)(O)OC[C@@H](O)COP(=O)(O)OC[C@@H](COC(=O)CCCCCCCCC(C)C)OC(=O)CCCCCCCCCCC(C)CC)OC(=O)CCCCCCCCCCC(C)C. The van der Waals surface area contributed by atoms with Gasteiger partial charge in [-0.1, -0.05) is 325 Å². The van der Waals surface area contributed by atoms with Crippen LogP contribution in [0.2, 0.25) is 0 Å². The van der Waals surface area contributed by atoms with Crippen molar-refractivity contribution >= 4 is 39.5 Å². The van der Waals surface area contributed by atoms with Crippen molar-refractivity contribution in [1.82, 2.24) is 0 Å². The summed E-state index contributed by atoms with van der Waals surface area (Å²) < 4.78 is 68.4. The van der Waals surface area contributed by atoms with Crippen LogP contribution in [0.5, 0.6) is 0 Å². The highest BCUT2D eigenvalue weighted by atomic mass is 31.2. The van der Waals surface area contributed by atoms with Gasteiger partial charge in [0, 0.05) is 25.7 Å². The third kappa shape index (κ3) is 66.0. The van der Waals surface area contributed by atoms with Crippen molar-refractivity contribution < 1.29 is 80.2 Å². The van der Waals surface area contributed by atoms with E-state index in [4.69, 9.17) is 37.0 Å². The number of unbranched alkanes of at least 4 members (excludes halogenated alkanes) is 36. The molecule has 17 nitrogen and oxygen atoms in total. The van der Waals surface area contributed by atoms with Crippen LogP contribution >= 0.6 is 15.6 Å². The predicted molar refractivity (Wildman–Crippen MR) is 381 cm³/mol. The summed E-state index contributed by atoms with van der Waals surface area (Å²) in [5, 5.41) is 10.6. The molecule has 0 aliphatic rings. The molecule has 558 valence electrons. The highest BCUT2D eigenvalue weighted by Crippen LogP contribution is 2.45. The van der Waals surface area contributed by atoms with Gasteiger partial charge in [0.25, 0.3) is 0 Å². The first-order valence-electron chi connectivity index (χ1n) is 38.8. The smallest absolute Gasteiger partial charge is 0.462 e. The first-order valence-corrected chi connectivity index (χ1v) is 41.8. The Balaban J connectivity index is 5.13. The third-order valence-corrected chi connectivity index (χ3v) is 19.9. The predicted octanol–water partition coefficient (Wildman–Crippen LogP) is 21.7. The molecule has 94 heavy (non-hydrogen) atoms. The number of phosphoric acid groups is 2. The number of rotatable bonds is 72. The summed E-state index contributed by atoms with van der Waals surface area (Å²) in [5.74, 6) is 0.912. The molecule has 0 heterocycles. The number of phosphoric ester groups is 2. The highest BCUT2D eigenvalue weighted by Gasteiger charge is 2.30. The van der Waals surface area contributed by atoms with E-state index in [-0.39, 0.29) is 25.7 Å².